The molecular weight excluding hydrogens is 313 g/mol. The van der Waals surface area contributed by atoms with Crippen LogP contribution in [0, 0.1) is 11.6 Å². The van der Waals surface area contributed by atoms with Gasteiger partial charge in [0.2, 0.25) is 0 Å². The quantitative estimate of drug-likeness (QED) is 0.761. The Hall–Kier alpha value is -1.82. The van der Waals surface area contributed by atoms with Gasteiger partial charge in [0.25, 0.3) is 0 Å². The van der Waals surface area contributed by atoms with Crippen molar-refractivity contribution in [3.05, 3.63) is 64.2 Å². The van der Waals surface area contributed by atoms with Crippen LogP contribution in [-0.4, -0.2) is 0 Å². The van der Waals surface area contributed by atoms with Crippen LogP contribution in [-0.2, 0) is 12.7 Å². The number of benzene rings is 2. The largest absolute Gasteiger partial charge is 0.418 e. The Labute approximate surface area is 122 Å². The summed E-state index contributed by atoms with van der Waals surface area (Å²) in [7, 11) is 0. The van der Waals surface area contributed by atoms with E-state index in [1.807, 2.05) is 0 Å². The number of halogens is 6. The highest BCUT2D eigenvalue weighted by Gasteiger charge is 2.34. The Morgan fingerprint density at radius 1 is 1.00 bits per heavy atom. The fraction of sp³-hybridized carbons (Fsp3) is 0.143. The summed E-state index contributed by atoms with van der Waals surface area (Å²) < 4.78 is 64.6. The van der Waals surface area contributed by atoms with Crippen LogP contribution in [0.2, 0.25) is 5.02 Å². The van der Waals surface area contributed by atoms with Gasteiger partial charge in [-0.15, -0.1) is 0 Å². The molecule has 112 valence electrons. The van der Waals surface area contributed by atoms with E-state index in [9.17, 15) is 22.0 Å². The van der Waals surface area contributed by atoms with E-state index in [1.165, 1.54) is 12.1 Å². The Bertz CT molecular complexity index is 634. The van der Waals surface area contributed by atoms with E-state index in [2.05, 4.69) is 5.32 Å². The minimum atomic E-state index is -4.58. The second-order valence-electron chi connectivity index (χ2n) is 4.29. The number of hydrogen-bond donors (Lipinski definition) is 1. The van der Waals surface area contributed by atoms with Gasteiger partial charge in [-0.2, -0.15) is 13.2 Å². The summed E-state index contributed by atoms with van der Waals surface area (Å²) in [5.41, 5.74) is -1.09. The SMILES string of the molecule is Fc1cc(F)cc(CNc2c(Cl)cccc2C(F)(F)F)c1. The van der Waals surface area contributed by atoms with Gasteiger partial charge in [-0.25, -0.2) is 8.78 Å². The van der Waals surface area contributed by atoms with Gasteiger partial charge in [0.1, 0.15) is 11.6 Å². The molecule has 0 saturated heterocycles. The van der Waals surface area contributed by atoms with Crippen LogP contribution in [0.3, 0.4) is 0 Å². The molecule has 0 aliphatic carbocycles. The maximum absolute atomic E-state index is 13.0. The van der Waals surface area contributed by atoms with Crippen molar-refractivity contribution in [1.82, 2.24) is 0 Å². The zero-order valence-electron chi connectivity index (χ0n) is 10.4. The molecule has 0 spiro atoms. The normalized spacial score (nSPS) is 11.5. The molecule has 0 radical (unpaired) electrons. The smallest absolute Gasteiger partial charge is 0.379 e. The van der Waals surface area contributed by atoms with Crippen LogP contribution in [0.4, 0.5) is 27.6 Å². The highest BCUT2D eigenvalue weighted by molar-refractivity contribution is 6.33. The van der Waals surface area contributed by atoms with Gasteiger partial charge in [0, 0.05) is 12.6 Å². The molecule has 0 fully saturated rings. The van der Waals surface area contributed by atoms with E-state index in [4.69, 9.17) is 11.6 Å². The Morgan fingerprint density at radius 2 is 1.62 bits per heavy atom. The highest BCUT2D eigenvalue weighted by atomic mass is 35.5. The Balaban J connectivity index is 2.28. The van der Waals surface area contributed by atoms with Crippen LogP contribution < -0.4 is 5.32 Å². The molecule has 0 amide bonds. The lowest BCUT2D eigenvalue weighted by molar-refractivity contribution is -0.136. The first-order valence-electron chi connectivity index (χ1n) is 5.82. The lowest BCUT2D eigenvalue weighted by atomic mass is 10.1. The van der Waals surface area contributed by atoms with Crippen LogP contribution in [0.5, 0.6) is 0 Å². The first-order valence-corrected chi connectivity index (χ1v) is 6.20. The summed E-state index contributed by atoms with van der Waals surface area (Å²) in [6.07, 6.45) is -4.58. The average molecular weight is 322 g/mol. The molecule has 0 unspecified atom stereocenters. The van der Waals surface area contributed by atoms with Crippen molar-refractivity contribution in [3.8, 4) is 0 Å². The third-order valence-corrected chi connectivity index (χ3v) is 3.03. The van der Waals surface area contributed by atoms with Crippen molar-refractivity contribution < 1.29 is 22.0 Å². The number of rotatable bonds is 3. The van der Waals surface area contributed by atoms with Crippen molar-refractivity contribution in [3.63, 3.8) is 0 Å². The number of hydrogen-bond acceptors (Lipinski definition) is 1. The lowest BCUT2D eigenvalue weighted by Gasteiger charge is -2.16. The van der Waals surface area contributed by atoms with Gasteiger partial charge >= 0.3 is 6.18 Å². The molecule has 2 rings (SSSR count). The van der Waals surface area contributed by atoms with E-state index in [0.717, 1.165) is 18.2 Å². The molecule has 0 aliphatic heterocycles. The van der Waals surface area contributed by atoms with Crippen LogP contribution in [0.1, 0.15) is 11.1 Å². The number of anilines is 1. The summed E-state index contributed by atoms with van der Waals surface area (Å²) in [5, 5.41) is 2.35. The molecule has 0 aromatic heterocycles. The summed E-state index contributed by atoms with van der Waals surface area (Å²) in [6, 6.07) is 6.09. The van der Waals surface area contributed by atoms with Gasteiger partial charge < -0.3 is 5.32 Å². The first-order chi connectivity index (χ1) is 9.77. The van der Waals surface area contributed by atoms with Crippen molar-refractivity contribution >= 4 is 17.3 Å². The molecular formula is C14H9ClF5N. The predicted molar refractivity (Wildman–Crippen MR) is 70.1 cm³/mol. The van der Waals surface area contributed by atoms with E-state index < -0.39 is 23.4 Å². The van der Waals surface area contributed by atoms with Crippen molar-refractivity contribution in [2.24, 2.45) is 0 Å². The number of nitrogens with one attached hydrogen (secondary N) is 1. The maximum atomic E-state index is 13.0. The van der Waals surface area contributed by atoms with Gasteiger partial charge in [-0.05, 0) is 29.8 Å². The van der Waals surface area contributed by atoms with Gasteiger partial charge in [0.05, 0.1) is 16.3 Å². The van der Waals surface area contributed by atoms with E-state index >= 15 is 0 Å². The molecule has 1 N–H and O–H groups in total. The first kappa shape index (κ1) is 15.6. The molecule has 0 saturated carbocycles. The lowest BCUT2D eigenvalue weighted by Crippen LogP contribution is -2.11. The second kappa shape index (κ2) is 5.89. The topological polar surface area (TPSA) is 12.0 Å². The summed E-state index contributed by atoms with van der Waals surface area (Å²) in [6.45, 7) is -0.193. The van der Waals surface area contributed by atoms with Gasteiger partial charge in [0.15, 0.2) is 0 Å². The highest BCUT2D eigenvalue weighted by Crippen LogP contribution is 2.38. The second-order valence-corrected chi connectivity index (χ2v) is 4.70. The summed E-state index contributed by atoms with van der Waals surface area (Å²) in [4.78, 5) is 0. The molecule has 2 aromatic rings. The predicted octanol–water partition coefficient (Wildman–Crippen LogP) is 5.25. The number of alkyl halides is 3. The maximum Gasteiger partial charge on any atom is 0.418 e. The third-order valence-electron chi connectivity index (χ3n) is 2.71. The van der Waals surface area contributed by atoms with Crippen LogP contribution in [0.25, 0.3) is 0 Å². The van der Waals surface area contributed by atoms with Crippen molar-refractivity contribution in [2.45, 2.75) is 12.7 Å². The van der Waals surface area contributed by atoms with Gasteiger partial charge in [-0.1, -0.05) is 17.7 Å². The zero-order valence-corrected chi connectivity index (χ0v) is 11.2. The minimum absolute atomic E-state index is 0.123. The Kier molecular flexibility index (Phi) is 4.37. The van der Waals surface area contributed by atoms with Crippen molar-refractivity contribution in [2.75, 3.05) is 5.32 Å². The molecule has 0 aliphatic rings. The van der Waals surface area contributed by atoms with Crippen LogP contribution >= 0.6 is 11.6 Å². The molecule has 1 nitrogen and oxygen atoms in total. The molecule has 7 heteroatoms. The van der Waals surface area contributed by atoms with E-state index in [1.54, 1.807) is 0 Å². The monoisotopic (exact) mass is 321 g/mol. The minimum Gasteiger partial charge on any atom is -0.379 e. The van der Waals surface area contributed by atoms with E-state index in [-0.39, 0.29) is 22.8 Å². The standard InChI is InChI=1S/C14H9ClF5N/c15-12-3-1-2-11(14(18,19)20)13(12)21-7-8-4-9(16)6-10(17)5-8/h1-6,21H,7H2. The fourth-order valence-electron chi connectivity index (χ4n) is 1.84. The average Bonchev–Trinajstić information content (AvgIpc) is 2.34. The van der Waals surface area contributed by atoms with Gasteiger partial charge in [-0.3, -0.25) is 0 Å². The zero-order chi connectivity index (χ0) is 15.6. The number of para-hydroxylation sites is 1. The third kappa shape index (κ3) is 3.85. The molecule has 0 heterocycles. The molecule has 0 atom stereocenters. The summed E-state index contributed by atoms with van der Waals surface area (Å²) in [5.74, 6) is -1.61. The van der Waals surface area contributed by atoms with Crippen molar-refractivity contribution in [1.29, 1.82) is 0 Å². The van der Waals surface area contributed by atoms with E-state index in [0.29, 0.717) is 6.07 Å². The fourth-order valence-corrected chi connectivity index (χ4v) is 2.08. The molecule has 2 aromatic carbocycles. The van der Waals surface area contributed by atoms with Crippen LogP contribution in [0.15, 0.2) is 36.4 Å². The molecule has 0 bridgehead atoms. The summed E-state index contributed by atoms with van der Waals surface area (Å²) >= 11 is 5.75. The molecule has 21 heavy (non-hydrogen) atoms. The Morgan fingerprint density at radius 3 is 2.19 bits per heavy atom.